The summed E-state index contributed by atoms with van der Waals surface area (Å²) in [7, 11) is 0. The number of halogens is 1. The number of fused-ring (bicyclic) bond motifs is 3. The number of alkyl carbamates (subject to hydrolysis) is 1. The number of aliphatic hydroxyl groups excluding tert-OH is 1. The van der Waals surface area contributed by atoms with Gasteiger partial charge in [0.2, 0.25) is 0 Å². The van der Waals surface area contributed by atoms with Crippen LogP contribution in [0.25, 0.3) is 11.1 Å². The van der Waals surface area contributed by atoms with Crippen LogP contribution in [-0.2, 0) is 14.3 Å². The number of carbonyl (C=O) groups is 2. The Labute approximate surface area is 192 Å². The van der Waals surface area contributed by atoms with Crippen LogP contribution in [0.1, 0.15) is 44.2 Å². The summed E-state index contributed by atoms with van der Waals surface area (Å²) in [5.74, 6) is -0.957. The van der Waals surface area contributed by atoms with Gasteiger partial charge in [-0.2, -0.15) is 0 Å². The predicted molar refractivity (Wildman–Crippen MR) is 122 cm³/mol. The molecule has 0 saturated heterocycles. The molecule has 0 bridgehead atoms. The van der Waals surface area contributed by atoms with Gasteiger partial charge in [-0.15, -0.1) is 0 Å². The van der Waals surface area contributed by atoms with Crippen molar-refractivity contribution in [3.8, 4) is 11.1 Å². The number of hydrogen-bond acceptors (Lipinski definition) is 6. The van der Waals surface area contributed by atoms with E-state index in [0.717, 1.165) is 22.3 Å². The van der Waals surface area contributed by atoms with E-state index in [2.05, 4.69) is 5.32 Å². The van der Waals surface area contributed by atoms with Gasteiger partial charge in [-0.1, -0.05) is 60.1 Å². The second kappa shape index (κ2) is 9.71. The number of amides is 1. The predicted octanol–water partition coefficient (Wildman–Crippen LogP) is 4.20. The smallest absolute Gasteiger partial charge is 0.407 e. The molecule has 0 fully saturated rings. The van der Waals surface area contributed by atoms with Crippen molar-refractivity contribution in [2.75, 3.05) is 6.61 Å². The molecule has 1 aliphatic carbocycles. The first-order valence-corrected chi connectivity index (χ1v) is 10.7. The van der Waals surface area contributed by atoms with Gasteiger partial charge in [0.25, 0.3) is 0 Å². The first kappa shape index (κ1) is 23.8. The van der Waals surface area contributed by atoms with E-state index in [1.54, 1.807) is 20.8 Å². The van der Waals surface area contributed by atoms with E-state index >= 15 is 0 Å². The number of alkyl halides is 1. The van der Waals surface area contributed by atoms with Gasteiger partial charge in [-0.25, -0.2) is 9.59 Å². The number of rotatable bonds is 7. The van der Waals surface area contributed by atoms with Gasteiger partial charge in [0, 0.05) is 12.3 Å². The Hall–Kier alpha value is -2.90. The Morgan fingerprint density at radius 1 is 1.09 bits per heavy atom. The van der Waals surface area contributed by atoms with Crippen molar-refractivity contribution in [2.45, 2.75) is 50.3 Å². The van der Waals surface area contributed by atoms with Gasteiger partial charge in [-0.3, -0.25) is 5.41 Å². The fourth-order valence-corrected chi connectivity index (χ4v) is 3.80. The summed E-state index contributed by atoms with van der Waals surface area (Å²) in [6.45, 7) is 5.14. The zero-order valence-electron chi connectivity index (χ0n) is 18.2. The number of benzene rings is 2. The Morgan fingerprint density at radius 3 is 2.12 bits per heavy atom. The molecule has 32 heavy (non-hydrogen) atoms. The van der Waals surface area contributed by atoms with Crippen LogP contribution in [0.2, 0.25) is 0 Å². The molecule has 3 N–H and O–H groups in total. The van der Waals surface area contributed by atoms with Crippen molar-refractivity contribution in [1.82, 2.24) is 5.32 Å². The van der Waals surface area contributed by atoms with E-state index in [1.807, 2.05) is 48.5 Å². The van der Waals surface area contributed by atoms with E-state index in [4.69, 9.17) is 26.5 Å². The van der Waals surface area contributed by atoms with Crippen molar-refractivity contribution < 1.29 is 24.2 Å². The Kier molecular flexibility index (Phi) is 7.21. The van der Waals surface area contributed by atoms with Crippen molar-refractivity contribution >= 4 is 29.4 Å². The van der Waals surface area contributed by atoms with Gasteiger partial charge in [0.1, 0.15) is 23.5 Å². The molecule has 0 spiro atoms. The number of ether oxygens (including phenoxy) is 2. The molecule has 170 valence electrons. The molecular formula is C24H27ClN2O5. The van der Waals surface area contributed by atoms with Gasteiger partial charge in [0.15, 0.2) is 0 Å². The maximum Gasteiger partial charge on any atom is 0.407 e. The Morgan fingerprint density at radius 2 is 1.62 bits per heavy atom. The summed E-state index contributed by atoms with van der Waals surface area (Å²) in [5.41, 5.74) is 1.67. The first-order valence-electron chi connectivity index (χ1n) is 10.3. The molecule has 2 atom stereocenters. The van der Waals surface area contributed by atoms with Gasteiger partial charge in [-0.05, 0) is 43.0 Å². The molecule has 1 amide bonds. The molecule has 2 aromatic carbocycles. The fourth-order valence-electron chi connectivity index (χ4n) is 3.65. The average molecular weight is 459 g/mol. The van der Waals surface area contributed by atoms with E-state index < -0.39 is 35.0 Å². The average Bonchev–Trinajstić information content (AvgIpc) is 3.04. The Balaban J connectivity index is 1.62. The third kappa shape index (κ3) is 5.66. The monoisotopic (exact) mass is 458 g/mol. The highest BCUT2D eigenvalue weighted by Crippen LogP contribution is 2.44. The molecule has 7 nitrogen and oxygen atoms in total. The van der Waals surface area contributed by atoms with Crippen LogP contribution in [0.4, 0.5) is 4.79 Å². The highest BCUT2D eigenvalue weighted by atomic mass is 35.5. The second-order valence-electron chi connectivity index (χ2n) is 8.63. The number of nitrogens with one attached hydrogen (secondary N) is 2. The fraction of sp³-hybridized carbons (Fsp3) is 0.375. The van der Waals surface area contributed by atoms with Gasteiger partial charge < -0.3 is 19.9 Å². The SMILES string of the molecule is CC(C)(C)OC(=O)C(=N)C[C@H](NC(=O)OCC1c2ccccc2-c2ccccc21)C(O)Cl. The lowest BCUT2D eigenvalue weighted by Crippen LogP contribution is -2.44. The molecule has 0 aromatic heterocycles. The zero-order chi connectivity index (χ0) is 23.5. The number of esters is 1. The molecule has 0 saturated carbocycles. The lowest BCUT2D eigenvalue weighted by molar-refractivity contribution is -0.146. The van der Waals surface area contributed by atoms with E-state index in [1.165, 1.54) is 0 Å². The van der Waals surface area contributed by atoms with Crippen LogP contribution in [-0.4, -0.2) is 46.7 Å². The number of aliphatic hydroxyl groups is 1. The molecule has 0 heterocycles. The van der Waals surface area contributed by atoms with Crippen molar-refractivity contribution in [3.05, 3.63) is 59.7 Å². The number of carbonyl (C=O) groups excluding carboxylic acids is 2. The molecular weight excluding hydrogens is 432 g/mol. The highest BCUT2D eigenvalue weighted by molar-refractivity contribution is 6.35. The minimum Gasteiger partial charge on any atom is -0.456 e. The van der Waals surface area contributed by atoms with E-state index in [9.17, 15) is 14.7 Å². The van der Waals surface area contributed by atoms with Crippen LogP contribution >= 0.6 is 11.6 Å². The van der Waals surface area contributed by atoms with Crippen LogP contribution in [0, 0.1) is 5.41 Å². The maximum absolute atomic E-state index is 12.4. The first-order chi connectivity index (χ1) is 15.1. The van der Waals surface area contributed by atoms with Crippen molar-refractivity contribution in [3.63, 3.8) is 0 Å². The van der Waals surface area contributed by atoms with E-state index in [-0.39, 0.29) is 18.9 Å². The minimum atomic E-state index is -1.52. The van der Waals surface area contributed by atoms with Crippen molar-refractivity contribution in [1.29, 1.82) is 5.41 Å². The topological polar surface area (TPSA) is 109 Å². The summed E-state index contributed by atoms with van der Waals surface area (Å²) < 4.78 is 10.6. The van der Waals surface area contributed by atoms with Gasteiger partial charge in [0.05, 0.1) is 6.04 Å². The Bertz CT molecular complexity index is 970. The molecule has 2 aromatic rings. The van der Waals surface area contributed by atoms with Crippen LogP contribution in [0.3, 0.4) is 0 Å². The summed E-state index contributed by atoms with van der Waals surface area (Å²) in [6.07, 6.45) is -1.10. The van der Waals surface area contributed by atoms with Crippen LogP contribution in [0.5, 0.6) is 0 Å². The standard InChI is InChI=1S/C24H27ClN2O5/c1-24(2,3)32-22(29)19(26)12-20(21(25)28)27-23(30)31-13-18-16-10-6-4-8-14(16)15-9-5-7-11-17(15)18/h4-11,18,20-21,26,28H,12-13H2,1-3H3,(H,27,30)/t20-,21?/m0/s1. The summed E-state index contributed by atoms with van der Waals surface area (Å²) in [4.78, 5) is 24.4. The maximum atomic E-state index is 12.4. The second-order valence-corrected chi connectivity index (χ2v) is 9.08. The van der Waals surface area contributed by atoms with E-state index in [0.29, 0.717) is 0 Å². The third-order valence-electron chi connectivity index (χ3n) is 5.05. The number of hydrogen-bond donors (Lipinski definition) is 3. The van der Waals surface area contributed by atoms with Crippen LogP contribution in [0.15, 0.2) is 48.5 Å². The van der Waals surface area contributed by atoms with Crippen molar-refractivity contribution in [2.24, 2.45) is 0 Å². The lowest BCUT2D eigenvalue weighted by Gasteiger charge is -2.23. The quantitative estimate of drug-likeness (QED) is 0.327. The molecule has 0 radical (unpaired) electrons. The largest absolute Gasteiger partial charge is 0.456 e. The molecule has 8 heteroatoms. The highest BCUT2D eigenvalue weighted by Gasteiger charge is 2.30. The molecule has 1 unspecified atom stereocenters. The molecule has 0 aliphatic heterocycles. The summed E-state index contributed by atoms with van der Waals surface area (Å²) >= 11 is 5.77. The molecule has 3 rings (SSSR count). The minimum absolute atomic E-state index is 0.0917. The van der Waals surface area contributed by atoms with Gasteiger partial charge >= 0.3 is 12.1 Å². The molecule has 1 aliphatic rings. The zero-order valence-corrected chi connectivity index (χ0v) is 19.0. The third-order valence-corrected chi connectivity index (χ3v) is 5.35. The summed E-state index contributed by atoms with van der Waals surface area (Å²) in [5, 5.41) is 20.2. The summed E-state index contributed by atoms with van der Waals surface area (Å²) in [6, 6.07) is 14.8. The van der Waals surface area contributed by atoms with Crippen LogP contribution < -0.4 is 5.32 Å². The normalized spacial score (nSPS) is 14.7. The lowest BCUT2D eigenvalue weighted by atomic mass is 9.98.